The summed E-state index contributed by atoms with van der Waals surface area (Å²) in [6.07, 6.45) is 7.83. The zero-order valence-electron chi connectivity index (χ0n) is 15.0. The Bertz CT molecular complexity index is 744. The summed E-state index contributed by atoms with van der Waals surface area (Å²) in [5, 5.41) is 4.21. The third-order valence-electron chi connectivity index (χ3n) is 7.56. The highest BCUT2D eigenvalue weighted by Gasteiger charge is 2.61. The van der Waals surface area contributed by atoms with Crippen LogP contribution in [0, 0.1) is 23.2 Å². The third kappa shape index (κ3) is 2.03. The Hall–Kier alpha value is -1.69. The zero-order valence-corrected chi connectivity index (χ0v) is 15.0. The lowest BCUT2D eigenvalue weighted by Crippen LogP contribution is -2.42. The molecule has 2 saturated carbocycles. The molecule has 0 spiro atoms. The zero-order chi connectivity index (χ0) is 17.3. The first-order valence-electron chi connectivity index (χ1n) is 9.64. The molecule has 0 N–H and O–H groups in total. The van der Waals surface area contributed by atoms with Crippen molar-refractivity contribution >= 4 is 17.5 Å². The van der Waals surface area contributed by atoms with E-state index in [1.807, 2.05) is 6.92 Å². The average molecular weight is 342 g/mol. The van der Waals surface area contributed by atoms with Crippen molar-refractivity contribution in [1.82, 2.24) is 14.7 Å². The molecule has 2 aliphatic carbocycles. The molecule has 1 unspecified atom stereocenters. The number of nitrogens with zero attached hydrogens (tertiary/aromatic N) is 4. The predicted molar refractivity (Wildman–Crippen MR) is 92.8 cm³/mol. The Morgan fingerprint density at radius 3 is 2.88 bits per heavy atom. The van der Waals surface area contributed by atoms with Crippen LogP contribution >= 0.6 is 0 Å². The first kappa shape index (κ1) is 15.6. The molecule has 134 valence electrons. The van der Waals surface area contributed by atoms with Crippen LogP contribution in [-0.2, 0) is 16.1 Å². The number of rotatable bonds is 3. The molecule has 25 heavy (non-hydrogen) atoms. The molecule has 4 aliphatic rings. The summed E-state index contributed by atoms with van der Waals surface area (Å²) in [5.74, 6) is 2.23. The molecule has 4 fully saturated rings. The van der Waals surface area contributed by atoms with Crippen LogP contribution in [0.5, 0.6) is 0 Å². The van der Waals surface area contributed by atoms with Crippen molar-refractivity contribution in [2.24, 2.45) is 23.2 Å². The second-order valence-corrected chi connectivity index (χ2v) is 8.65. The van der Waals surface area contributed by atoms with Crippen LogP contribution in [0.25, 0.3) is 0 Å². The van der Waals surface area contributed by atoms with E-state index in [1.165, 1.54) is 24.2 Å². The molecule has 0 aromatic carbocycles. The standard InChI is InChI=1S/C19H26N4O2/c1-3-22-9-14(8-20-22)23-17(24)7-16(18(23)25)21-10-15-12-4-5-13(6-12)19(15,2)11-21/h8-9,12-13,15-16H,3-7,10-11H2,1-2H3/t12-,13+,15-,16?,19+/m1/s1. The quantitative estimate of drug-likeness (QED) is 0.787. The van der Waals surface area contributed by atoms with Gasteiger partial charge in [-0.25, -0.2) is 4.90 Å². The molecule has 0 radical (unpaired) electrons. The van der Waals surface area contributed by atoms with Gasteiger partial charge in [0, 0.05) is 25.8 Å². The maximum absolute atomic E-state index is 13.0. The Balaban J connectivity index is 1.38. The maximum Gasteiger partial charge on any atom is 0.251 e. The fourth-order valence-electron chi connectivity index (χ4n) is 6.23. The monoisotopic (exact) mass is 342 g/mol. The number of carbonyl (C=O) groups is 2. The molecule has 2 amide bonds. The third-order valence-corrected chi connectivity index (χ3v) is 7.56. The van der Waals surface area contributed by atoms with Gasteiger partial charge in [0.2, 0.25) is 5.91 Å². The summed E-state index contributed by atoms with van der Waals surface area (Å²) in [5.41, 5.74) is 0.970. The highest BCUT2D eigenvalue weighted by atomic mass is 16.2. The summed E-state index contributed by atoms with van der Waals surface area (Å²) in [7, 11) is 0. The summed E-state index contributed by atoms with van der Waals surface area (Å²) in [4.78, 5) is 29.3. The van der Waals surface area contributed by atoms with E-state index in [4.69, 9.17) is 0 Å². The normalized spacial score (nSPS) is 40.5. The smallest absolute Gasteiger partial charge is 0.251 e. The molecule has 2 bridgehead atoms. The fraction of sp³-hybridized carbons (Fsp3) is 0.737. The number of amides is 2. The van der Waals surface area contributed by atoms with Gasteiger partial charge in [0.05, 0.1) is 24.3 Å². The number of carbonyl (C=O) groups excluding carboxylic acids is 2. The molecule has 6 nitrogen and oxygen atoms in total. The number of aromatic nitrogens is 2. The molecule has 5 atom stereocenters. The van der Waals surface area contributed by atoms with Crippen molar-refractivity contribution in [3.05, 3.63) is 12.4 Å². The molecule has 5 rings (SSSR count). The highest BCUT2D eigenvalue weighted by Crippen LogP contribution is 2.62. The number of anilines is 1. The van der Waals surface area contributed by atoms with Crippen molar-refractivity contribution < 1.29 is 9.59 Å². The number of fused-ring (bicyclic) bond motifs is 5. The van der Waals surface area contributed by atoms with E-state index in [0.29, 0.717) is 23.4 Å². The Kier molecular flexibility index (Phi) is 3.21. The molecule has 2 aliphatic heterocycles. The van der Waals surface area contributed by atoms with Crippen LogP contribution < -0.4 is 4.90 Å². The average Bonchev–Trinajstić information content (AvgIpc) is 3.34. The van der Waals surface area contributed by atoms with Crippen molar-refractivity contribution in [2.75, 3.05) is 18.0 Å². The van der Waals surface area contributed by atoms with Gasteiger partial charge in [0.25, 0.3) is 5.91 Å². The van der Waals surface area contributed by atoms with E-state index >= 15 is 0 Å². The minimum Gasteiger partial charge on any atom is -0.291 e. The first-order chi connectivity index (χ1) is 12.0. The summed E-state index contributed by atoms with van der Waals surface area (Å²) in [6.45, 7) is 7.11. The Morgan fingerprint density at radius 1 is 1.32 bits per heavy atom. The van der Waals surface area contributed by atoms with Gasteiger partial charge in [-0.1, -0.05) is 6.92 Å². The van der Waals surface area contributed by atoms with Gasteiger partial charge in [-0.3, -0.25) is 19.2 Å². The van der Waals surface area contributed by atoms with Gasteiger partial charge in [0.15, 0.2) is 0 Å². The van der Waals surface area contributed by atoms with Crippen molar-refractivity contribution in [2.45, 2.75) is 52.1 Å². The lowest BCUT2D eigenvalue weighted by molar-refractivity contribution is -0.122. The van der Waals surface area contributed by atoms with Crippen molar-refractivity contribution in [3.8, 4) is 0 Å². The SMILES string of the molecule is CCn1cc(N2C(=O)CC(N3C[C@@H]4[C@@H]5CC[C@@H](C5)[C@]4(C)C3)C2=O)cn1. The van der Waals surface area contributed by atoms with Gasteiger partial charge in [-0.15, -0.1) is 0 Å². The Labute approximate surface area is 148 Å². The number of aryl methyl sites for hydroxylation is 1. The summed E-state index contributed by atoms with van der Waals surface area (Å²) < 4.78 is 1.75. The van der Waals surface area contributed by atoms with Crippen LogP contribution in [0.15, 0.2) is 12.4 Å². The molecule has 2 saturated heterocycles. The van der Waals surface area contributed by atoms with Crippen LogP contribution in [0.2, 0.25) is 0 Å². The molecule has 6 heteroatoms. The minimum absolute atomic E-state index is 0.0587. The van der Waals surface area contributed by atoms with Gasteiger partial charge < -0.3 is 0 Å². The lowest BCUT2D eigenvalue weighted by atomic mass is 9.70. The lowest BCUT2D eigenvalue weighted by Gasteiger charge is -2.35. The maximum atomic E-state index is 13.0. The summed E-state index contributed by atoms with van der Waals surface area (Å²) >= 11 is 0. The molecule has 1 aromatic rings. The minimum atomic E-state index is -0.278. The fourth-order valence-corrected chi connectivity index (χ4v) is 6.23. The van der Waals surface area contributed by atoms with Gasteiger partial charge in [0.1, 0.15) is 0 Å². The van der Waals surface area contributed by atoms with Crippen molar-refractivity contribution in [3.63, 3.8) is 0 Å². The molecule has 3 heterocycles. The van der Waals surface area contributed by atoms with E-state index in [-0.39, 0.29) is 17.9 Å². The number of imide groups is 1. The molecular formula is C19H26N4O2. The first-order valence-corrected chi connectivity index (χ1v) is 9.64. The summed E-state index contributed by atoms with van der Waals surface area (Å²) in [6, 6.07) is -0.278. The predicted octanol–water partition coefficient (Wildman–Crippen LogP) is 1.90. The second kappa shape index (κ2) is 5.16. The van der Waals surface area contributed by atoms with E-state index in [2.05, 4.69) is 16.9 Å². The van der Waals surface area contributed by atoms with Crippen LogP contribution in [0.1, 0.15) is 39.5 Å². The van der Waals surface area contributed by atoms with E-state index < -0.39 is 0 Å². The number of hydrogen-bond donors (Lipinski definition) is 0. The molecular weight excluding hydrogens is 316 g/mol. The van der Waals surface area contributed by atoms with Gasteiger partial charge in [-0.05, 0) is 49.4 Å². The topological polar surface area (TPSA) is 58.4 Å². The van der Waals surface area contributed by atoms with Gasteiger partial charge in [-0.2, -0.15) is 5.10 Å². The highest BCUT2D eigenvalue weighted by molar-refractivity contribution is 6.22. The van der Waals surface area contributed by atoms with Crippen LogP contribution in [-0.4, -0.2) is 45.6 Å². The number of likely N-dealkylation sites (tertiary alicyclic amines) is 1. The van der Waals surface area contributed by atoms with Gasteiger partial charge >= 0.3 is 0 Å². The van der Waals surface area contributed by atoms with E-state index in [9.17, 15) is 9.59 Å². The number of hydrogen-bond acceptors (Lipinski definition) is 4. The second-order valence-electron chi connectivity index (χ2n) is 8.65. The largest absolute Gasteiger partial charge is 0.291 e. The van der Waals surface area contributed by atoms with E-state index in [1.54, 1.807) is 17.1 Å². The van der Waals surface area contributed by atoms with Crippen molar-refractivity contribution in [1.29, 1.82) is 0 Å². The molecule has 1 aromatic heterocycles. The van der Waals surface area contributed by atoms with E-state index in [0.717, 1.165) is 31.5 Å². The van der Waals surface area contributed by atoms with Crippen LogP contribution in [0.3, 0.4) is 0 Å². The Morgan fingerprint density at radius 2 is 2.16 bits per heavy atom. The van der Waals surface area contributed by atoms with Crippen LogP contribution in [0.4, 0.5) is 5.69 Å².